The van der Waals surface area contributed by atoms with Crippen LogP contribution in [0.5, 0.6) is 11.5 Å². The van der Waals surface area contributed by atoms with Crippen molar-refractivity contribution in [3.63, 3.8) is 0 Å². The van der Waals surface area contributed by atoms with E-state index in [9.17, 15) is 9.59 Å². The van der Waals surface area contributed by atoms with Crippen LogP contribution in [-0.4, -0.2) is 42.9 Å². The van der Waals surface area contributed by atoms with Crippen LogP contribution < -0.4 is 9.47 Å². The van der Waals surface area contributed by atoms with Crippen LogP contribution >= 0.6 is 15.9 Å². The van der Waals surface area contributed by atoms with Gasteiger partial charge in [-0.25, -0.2) is 0 Å². The zero-order valence-corrected chi connectivity index (χ0v) is 18.7. The van der Waals surface area contributed by atoms with Crippen molar-refractivity contribution >= 4 is 27.7 Å². The van der Waals surface area contributed by atoms with E-state index in [0.29, 0.717) is 42.1 Å². The molecule has 6 heteroatoms. The number of esters is 1. The number of benzene rings is 1. The molecule has 29 heavy (non-hydrogen) atoms. The molecule has 0 N–H and O–H groups in total. The zero-order chi connectivity index (χ0) is 20.3. The molecule has 2 saturated carbocycles. The lowest BCUT2D eigenvalue weighted by atomic mass is 9.52. The number of piperidine rings is 1. The fraction of sp³-hybridized carbons (Fsp3) is 0.652. The van der Waals surface area contributed by atoms with Crippen molar-refractivity contribution in [2.24, 2.45) is 11.8 Å². The van der Waals surface area contributed by atoms with Gasteiger partial charge >= 0.3 is 5.97 Å². The summed E-state index contributed by atoms with van der Waals surface area (Å²) in [6.45, 7) is 3.63. The first-order chi connectivity index (χ1) is 13.9. The number of carbonyl (C=O) groups is 2. The highest BCUT2D eigenvalue weighted by Gasteiger charge is 2.57. The number of hydrogen-bond acceptors (Lipinski definition) is 5. The standard InChI is InChI=1S/C23H28BrNO4/c1-13(26)29-22-20(28-2)10-18(24)16-9-19-17-6-5-15(27)11-23(17,21(16)22)7-8-25(19)12-14-3-4-14/h10,14,17,19H,3-9,11-12H2,1-2H3/t17?,19?,23-/m1/s1. The van der Waals surface area contributed by atoms with Crippen molar-refractivity contribution in [1.82, 2.24) is 4.90 Å². The maximum absolute atomic E-state index is 12.7. The van der Waals surface area contributed by atoms with Crippen molar-refractivity contribution < 1.29 is 19.1 Å². The van der Waals surface area contributed by atoms with Crippen LogP contribution in [0, 0.1) is 11.8 Å². The summed E-state index contributed by atoms with van der Waals surface area (Å²) in [5.41, 5.74) is 1.99. The molecule has 0 amide bonds. The van der Waals surface area contributed by atoms with Crippen LogP contribution in [-0.2, 0) is 21.4 Å². The molecule has 2 bridgehead atoms. The van der Waals surface area contributed by atoms with E-state index in [4.69, 9.17) is 9.47 Å². The van der Waals surface area contributed by atoms with Crippen molar-refractivity contribution in [2.75, 3.05) is 20.2 Å². The van der Waals surface area contributed by atoms with Crippen LogP contribution in [0.4, 0.5) is 0 Å². The first kappa shape index (κ1) is 19.6. The summed E-state index contributed by atoms with van der Waals surface area (Å²) >= 11 is 3.77. The van der Waals surface area contributed by atoms with Crippen molar-refractivity contribution in [2.45, 2.75) is 63.3 Å². The van der Waals surface area contributed by atoms with Crippen LogP contribution in [0.1, 0.15) is 56.6 Å². The van der Waals surface area contributed by atoms with E-state index in [1.165, 1.54) is 31.9 Å². The number of halogens is 1. The normalized spacial score (nSPS) is 31.1. The third kappa shape index (κ3) is 3.14. The van der Waals surface area contributed by atoms with Gasteiger partial charge in [-0.1, -0.05) is 15.9 Å². The van der Waals surface area contributed by atoms with Crippen LogP contribution in [0.25, 0.3) is 0 Å². The summed E-state index contributed by atoms with van der Waals surface area (Å²) in [7, 11) is 1.60. The minimum atomic E-state index is -0.351. The molecule has 0 radical (unpaired) electrons. The lowest BCUT2D eigenvalue weighted by Crippen LogP contribution is -2.62. The third-order valence-electron chi connectivity index (χ3n) is 7.60. The van der Waals surface area contributed by atoms with E-state index in [1.54, 1.807) is 7.11 Å². The zero-order valence-electron chi connectivity index (χ0n) is 17.1. The maximum Gasteiger partial charge on any atom is 0.308 e. The number of ether oxygens (including phenoxy) is 2. The smallest absolute Gasteiger partial charge is 0.308 e. The number of Topliss-reactive ketones (excluding diaryl/α,β-unsaturated/α-hetero) is 1. The Balaban J connectivity index is 1.69. The molecule has 156 valence electrons. The molecule has 5 nitrogen and oxygen atoms in total. The van der Waals surface area contributed by atoms with Crippen molar-refractivity contribution in [1.29, 1.82) is 0 Å². The largest absolute Gasteiger partial charge is 0.493 e. The van der Waals surface area contributed by atoms with Crippen molar-refractivity contribution in [3.8, 4) is 11.5 Å². The molecule has 1 aliphatic heterocycles. The average Bonchev–Trinajstić information content (AvgIpc) is 3.49. The second-order valence-electron chi connectivity index (χ2n) is 9.31. The number of hydrogen-bond donors (Lipinski definition) is 0. The summed E-state index contributed by atoms with van der Waals surface area (Å²) in [4.78, 5) is 27.4. The molecule has 0 aromatic heterocycles. The molecular formula is C23H28BrNO4. The highest BCUT2D eigenvalue weighted by Crippen LogP contribution is 2.60. The molecule has 1 aromatic carbocycles. The van der Waals surface area contributed by atoms with Gasteiger partial charge in [-0.2, -0.15) is 0 Å². The number of ketones is 1. The fourth-order valence-electron chi connectivity index (χ4n) is 6.27. The number of fused-ring (bicyclic) bond motifs is 1. The molecule has 1 heterocycles. The number of likely N-dealkylation sites (tertiary alicyclic amines) is 1. The van der Waals surface area contributed by atoms with E-state index in [-0.39, 0.29) is 11.4 Å². The third-order valence-corrected chi connectivity index (χ3v) is 8.31. The van der Waals surface area contributed by atoms with Gasteiger partial charge in [-0.15, -0.1) is 0 Å². The van der Waals surface area contributed by atoms with Gasteiger partial charge < -0.3 is 9.47 Å². The monoisotopic (exact) mass is 461 g/mol. The van der Waals surface area contributed by atoms with E-state index in [1.807, 2.05) is 6.07 Å². The molecular weight excluding hydrogens is 434 g/mol. The van der Waals surface area contributed by atoms with E-state index in [0.717, 1.165) is 41.8 Å². The van der Waals surface area contributed by atoms with Gasteiger partial charge in [0.15, 0.2) is 11.5 Å². The predicted octanol–water partition coefficient (Wildman–Crippen LogP) is 4.03. The topological polar surface area (TPSA) is 55.8 Å². The minimum Gasteiger partial charge on any atom is -0.493 e. The maximum atomic E-state index is 12.7. The molecule has 3 atom stereocenters. The molecule has 0 spiro atoms. The molecule has 3 aliphatic carbocycles. The SMILES string of the molecule is COc1cc(Br)c2c(c1OC(C)=O)[C@@]13CCN(CC4CC4)C(C2)C1CCC(=O)C3. The van der Waals surface area contributed by atoms with E-state index in [2.05, 4.69) is 20.8 Å². The summed E-state index contributed by atoms with van der Waals surface area (Å²) < 4.78 is 12.4. The summed E-state index contributed by atoms with van der Waals surface area (Å²) in [5.74, 6) is 2.36. The van der Waals surface area contributed by atoms with Crippen molar-refractivity contribution in [3.05, 3.63) is 21.7 Å². The second-order valence-corrected chi connectivity index (χ2v) is 10.2. The van der Waals surface area contributed by atoms with Crippen LogP contribution in [0.2, 0.25) is 0 Å². The highest BCUT2D eigenvalue weighted by molar-refractivity contribution is 9.10. The average molecular weight is 462 g/mol. The quantitative estimate of drug-likeness (QED) is 0.500. The number of carbonyl (C=O) groups excluding carboxylic acids is 2. The van der Waals surface area contributed by atoms with Crippen LogP contribution in [0.3, 0.4) is 0 Å². The lowest BCUT2D eigenvalue weighted by Gasteiger charge is -2.59. The molecule has 4 aliphatic rings. The van der Waals surface area contributed by atoms with Gasteiger partial charge in [-0.05, 0) is 62.1 Å². The Bertz CT molecular complexity index is 880. The Morgan fingerprint density at radius 3 is 2.83 bits per heavy atom. The van der Waals surface area contributed by atoms with Gasteiger partial charge in [0.1, 0.15) is 5.78 Å². The number of nitrogens with zero attached hydrogens (tertiary/aromatic N) is 1. The second kappa shape index (κ2) is 7.09. The lowest BCUT2D eigenvalue weighted by molar-refractivity contribution is -0.132. The Morgan fingerprint density at radius 2 is 2.14 bits per heavy atom. The first-order valence-electron chi connectivity index (χ1n) is 10.8. The van der Waals surface area contributed by atoms with Gasteiger partial charge in [0, 0.05) is 47.8 Å². The van der Waals surface area contributed by atoms with Crippen LogP contribution in [0.15, 0.2) is 10.5 Å². The number of rotatable bonds is 4. The highest BCUT2D eigenvalue weighted by atomic mass is 79.9. The molecule has 1 aromatic rings. The predicted molar refractivity (Wildman–Crippen MR) is 112 cm³/mol. The van der Waals surface area contributed by atoms with E-state index >= 15 is 0 Å². The molecule has 1 saturated heterocycles. The number of methoxy groups -OCH3 is 1. The first-order valence-corrected chi connectivity index (χ1v) is 11.6. The van der Waals surface area contributed by atoms with Gasteiger partial charge in [0.05, 0.1) is 7.11 Å². The summed E-state index contributed by atoms with van der Waals surface area (Å²) in [6, 6.07) is 2.37. The molecule has 3 fully saturated rings. The Morgan fingerprint density at radius 1 is 1.34 bits per heavy atom. The Labute approximate surface area is 180 Å². The Hall–Kier alpha value is -1.40. The fourth-order valence-corrected chi connectivity index (χ4v) is 6.84. The van der Waals surface area contributed by atoms with Gasteiger partial charge in [0.25, 0.3) is 0 Å². The summed E-state index contributed by atoms with van der Waals surface area (Å²) in [6.07, 6.45) is 6.72. The minimum absolute atomic E-state index is 0.254. The molecule has 5 rings (SSSR count). The van der Waals surface area contributed by atoms with Gasteiger partial charge in [0.2, 0.25) is 0 Å². The van der Waals surface area contributed by atoms with Gasteiger partial charge in [-0.3, -0.25) is 14.5 Å². The van der Waals surface area contributed by atoms with E-state index < -0.39 is 0 Å². The Kier molecular flexibility index (Phi) is 4.78. The summed E-state index contributed by atoms with van der Waals surface area (Å²) in [5, 5.41) is 0. The molecule has 2 unspecified atom stereocenters.